The smallest absolute Gasteiger partial charge is 0.210 e. The molecule has 6 heteroatoms. The van der Waals surface area contributed by atoms with E-state index in [1.807, 2.05) is 0 Å². The molecule has 0 amide bonds. The van der Waals surface area contributed by atoms with E-state index in [9.17, 15) is 4.55 Å². The van der Waals surface area contributed by atoms with Crippen LogP contribution in [0.3, 0.4) is 0 Å². The fraction of sp³-hybridized carbons (Fsp3) is 0.222. The highest BCUT2D eigenvalue weighted by atomic mass is 32.2. The van der Waals surface area contributed by atoms with Crippen LogP contribution in [-0.4, -0.2) is 27.9 Å². The van der Waals surface area contributed by atoms with E-state index in [1.165, 1.54) is 11.3 Å². The van der Waals surface area contributed by atoms with E-state index in [4.69, 9.17) is 4.74 Å². The topological polar surface area (TPSA) is 61.0 Å². The average Bonchev–Trinajstić information content (AvgIpc) is 2.86. The molecule has 2 rings (SSSR count). The standard InChI is InChI=1S/C9H10N2O2S2/c1-13-6-5-7(15(2)12)14-8(6)9-10-3-4-11-9/h3-5H,1-2H3,(H,10,11). The predicted octanol–water partition coefficient (Wildman–Crippen LogP) is 1.88. The molecule has 0 radical (unpaired) electrons. The number of imidazole rings is 1. The molecule has 2 aromatic heterocycles. The number of rotatable bonds is 3. The summed E-state index contributed by atoms with van der Waals surface area (Å²) < 4.78 is 17.3. The summed E-state index contributed by atoms with van der Waals surface area (Å²) in [5.41, 5.74) is 0. The monoisotopic (exact) mass is 242 g/mol. The maximum atomic E-state index is 11.3. The Labute approximate surface area is 94.5 Å². The molecular weight excluding hydrogens is 232 g/mol. The van der Waals surface area contributed by atoms with Gasteiger partial charge in [-0.1, -0.05) is 11.3 Å². The maximum absolute atomic E-state index is 11.3. The van der Waals surface area contributed by atoms with Gasteiger partial charge >= 0.3 is 0 Å². The van der Waals surface area contributed by atoms with Gasteiger partial charge in [-0.15, -0.1) is 0 Å². The number of ether oxygens (including phenoxy) is 1. The minimum Gasteiger partial charge on any atom is -0.611 e. The molecule has 0 aliphatic heterocycles. The fourth-order valence-electron chi connectivity index (χ4n) is 1.20. The van der Waals surface area contributed by atoms with Gasteiger partial charge in [0.05, 0.1) is 7.11 Å². The van der Waals surface area contributed by atoms with Crippen LogP contribution in [-0.2, 0) is 11.2 Å². The lowest BCUT2D eigenvalue weighted by Gasteiger charge is -1.97. The zero-order valence-corrected chi connectivity index (χ0v) is 9.95. The van der Waals surface area contributed by atoms with Crippen molar-refractivity contribution in [3.05, 3.63) is 18.5 Å². The molecule has 0 aliphatic rings. The molecule has 1 unspecified atom stereocenters. The number of hydrogen-bond acceptors (Lipinski definition) is 4. The van der Waals surface area contributed by atoms with Crippen LogP contribution in [0.2, 0.25) is 0 Å². The van der Waals surface area contributed by atoms with Crippen LogP contribution in [0.25, 0.3) is 10.7 Å². The lowest BCUT2D eigenvalue weighted by atomic mass is 10.4. The quantitative estimate of drug-likeness (QED) is 0.836. The van der Waals surface area contributed by atoms with E-state index < -0.39 is 11.2 Å². The zero-order chi connectivity index (χ0) is 10.8. The van der Waals surface area contributed by atoms with E-state index in [1.54, 1.807) is 31.8 Å². The van der Waals surface area contributed by atoms with Crippen LogP contribution >= 0.6 is 11.3 Å². The van der Waals surface area contributed by atoms with Gasteiger partial charge in [0.25, 0.3) is 0 Å². The Morgan fingerprint density at radius 3 is 2.93 bits per heavy atom. The number of nitrogens with one attached hydrogen (secondary N) is 1. The van der Waals surface area contributed by atoms with Gasteiger partial charge in [-0.3, -0.25) is 0 Å². The number of aromatic nitrogens is 2. The Morgan fingerprint density at radius 1 is 1.60 bits per heavy atom. The summed E-state index contributed by atoms with van der Waals surface area (Å²) in [4.78, 5) is 8.03. The molecule has 0 saturated carbocycles. The van der Waals surface area contributed by atoms with Crippen molar-refractivity contribution in [2.75, 3.05) is 13.4 Å². The van der Waals surface area contributed by atoms with Crippen molar-refractivity contribution in [1.82, 2.24) is 9.97 Å². The van der Waals surface area contributed by atoms with E-state index in [2.05, 4.69) is 9.97 Å². The first-order valence-electron chi connectivity index (χ1n) is 4.23. The molecule has 0 aliphatic carbocycles. The van der Waals surface area contributed by atoms with Crippen molar-refractivity contribution >= 4 is 22.5 Å². The third-order valence-corrected chi connectivity index (χ3v) is 4.45. The Balaban J connectivity index is 2.46. The van der Waals surface area contributed by atoms with Crippen molar-refractivity contribution in [1.29, 1.82) is 0 Å². The normalized spacial score (nSPS) is 12.7. The Bertz CT molecular complexity index is 437. The van der Waals surface area contributed by atoms with Crippen LogP contribution in [0.5, 0.6) is 5.75 Å². The molecule has 0 spiro atoms. The second-order valence-corrected chi connectivity index (χ2v) is 5.51. The van der Waals surface area contributed by atoms with Crippen molar-refractivity contribution in [2.45, 2.75) is 4.21 Å². The minimum atomic E-state index is -0.985. The number of nitrogens with zero attached hydrogens (tertiary/aromatic N) is 1. The lowest BCUT2D eigenvalue weighted by molar-refractivity contribution is 0.417. The van der Waals surface area contributed by atoms with Crippen LogP contribution in [0.4, 0.5) is 0 Å². The van der Waals surface area contributed by atoms with Crippen LogP contribution in [0.15, 0.2) is 22.7 Å². The Morgan fingerprint density at radius 2 is 2.40 bits per heavy atom. The average molecular weight is 242 g/mol. The number of aromatic amines is 1. The third-order valence-electron chi connectivity index (χ3n) is 1.89. The Hall–Kier alpha value is -0.980. The number of methoxy groups -OCH3 is 1. The van der Waals surface area contributed by atoms with Crippen LogP contribution in [0.1, 0.15) is 0 Å². The van der Waals surface area contributed by atoms with Crippen molar-refractivity contribution in [3.63, 3.8) is 0 Å². The molecule has 4 nitrogen and oxygen atoms in total. The van der Waals surface area contributed by atoms with Gasteiger partial charge in [0.15, 0.2) is 5.82 Å². The van der Waals surface area contributed by atoms with Gasteiger partial charge in [0, 0.05) is 18.5 Å². The summed E-state index contributed by atoms with van der Waals surface area (Å²) in [5.74, 6) is 1.45. The molecule has 0 aromatic carbocycles. The summed E-state index contributed by atoms with van der Waals surface area (Å²) in [7, 11) is 1.59. The van der Waals surface area contributed by atoms with E-state index in [0.717, 1.165) is 14.9 Å². The largest absolute Gasteiger partial charge is 0.611 e. The van der Waals surface area contributed by atoms with E-state index >= 15 is 0 Å². The summed E-state index contributed by atoms with van der Waals surface area (Å²) in [5, 5.41) is 0. The van der Waals surface area contributed by atoms with Gasteiger partial charge in [0.1, 0.15) is 16.9 Å². The second-order valence-electron chi connectivity index (χ2n) is 2.85. The third kappa shape index (κ3) is 2.01. The first kappa shape index (κ1) is 10.5. The Kier molecular flexibility index (Phi) is 2.99. The van der Waals surface area contributed by atoms with Gasteiger partial charge in [-0.25, -0.2) is 4.98 Å². The van der Waals surface area contributed by atoms with Crippen molar-refractivity contribution in [2.24, 2.45) is 0 Å². The molecule has 1 atom stereocenters. The highest BCUT2D eigenvalue weighted by Crippen LogP contribution is 2.38. The number of hydrogen-bond donors (Lipinski definition) is 1. The summed E-state index contributed by atoms with van der Waals surface area (Å²) in [6.45, 7) is 0. The molecule has 0 saturated heterocycles. The van der Waals surface area contributed by atoms with Crippen LogP contribution < -0.4 is 4.74 Å². The first-order chi connectivity index (χ1) is 7.22. The first-order valence-corrected chi connectivity index (χ1v) is 6.61. The molecule has 0 bridgehead atoms. The van der Waals surface area contributed by atoms with E-state index in [0.29, 0.717) is 5.75 Å². The van der Waals surface area contributed by atoms with Gasteiger partial charge in [-0.05, 0) is 11.2 Å². The van der Waals surface area contributed by atoms with Crippen molar-refractivity contribution in [3.8, 4) is 16.5 Å². The number of thiophene rings is 1. The van der Waals surface area contributed by atoms with Gasteiger partial charge in [0.2, 0.25) is 4.21 Å². The van der Waals surface area contributed by atoms with E-state index in [-0.39, 0.29) is 0 Å². The maximum Gasteiger partial charge on any atom is 0.210 e. The van der Waals surface area contributed by atoms with Gasteiger partial charge < -0.3 is 14.3 Å². The molecule has 1 N–H and O–H groups in total. The molecular formula is C9H10N2O2S2. The molecule has 2 aromatic rings. The fourth-order valence-corrected chi connectivity index (χ4v) is 3.01. The highest BCUT2D eigenvalue weighted by molar-refractivity contribution is 7.92. The predicted molar refractivity (Wildman–Crippen MR) is 60.8 cm³/mol. The minimum absolute atomic E-state index is 0.708. The lowest BCUT2D eigenvalue weighted by Crippen LogP contribution is -1.92. The number of H-pyrrole nitrogens is 1. The summed E-state index contributed by atoms with van der Waals surface area (Å²) in [6.07, 6.45) is 5.07. The van der Waals surface area contributed by atoms with Crippen LogP contribution in [0, 0.1) is 0 Å². The SMILES string of the molecule is COc1cc([S+](C)[O-])sc1-c1ncc[nH]1. The second kappa shape index (κ2) is 4.26. The molecule has 2 heterocycles. The molecule has 0 fully saturated rings. The molecule has 15 heavy (non-hydrogen) atoms. The highest BCUT2D eigenvalue weighted by Gasteiger charge is 2.18. The van der Waals surface area contributed by atoms with Gasteiger partial charge in [-0.2, -0.15) is 0 Å². The summed E-state index contributed by atoms with van der Waals surface area (Å²) in [6, 6.07) is 1.79. The zero-order valence-electron chi connectivity index (χ0n) is 8.31. The van der Waals surface area contributed by atoms with Crippen molar-refractivity contribution < 1.29 is 9.29 Å². The molecule has 80 valence electrons. The summed E-state index contributed by atoms with van der Waals surface area (Å²) >= 11 is 0.446.